The van der Waals surface area contributed by atoms with Crippen LogP contribution in [0.2, 0.25) is 0 Å². The highest BCUT2D eigenvalue weighted by Crippen LogP contribution is 2.15. The van der Waals surface area contributed by atoms with Gasteiger partial charge >= 0.3 is 0 Å². The highest BCUT2D eigenvalue weighted by atomic mass is 32.1. The number of rotatable bonds is 8. The minimum Gasteiger partial charge on any atom is -0.357 e. The molecule has 2 N–H and O–H groups in total. The minimum absolute atomic E-state index is 0.550. The average Bonchev–Trinajstić information content (AvgIpc) is 3.07. The van der Waals surface area contributed by atoms with Gasteiger partial charge in [-0.1, -0.05) is 26.8 Å². The van der Waals surface area contributed by atoms with Gasteiger partial charge in [0.2, 0.25) is 0 Å². The van der Waals surface area contributed by atoms with Crippen molar-refractivity contribution in [3.05, 3.63) is 22.4 Å². The van der Waals surface area contributed by atoms with E-state index in [1.54, 1.807) is 0 Å². The topological polar surface area (TPSA) is 39.7 Å². The highest BCUT2D eigenvalue weighted by molar-refractivity contribution is 7.09. The standard InChI is InChI=1S/C20H36N4S/c1-5-21-20(22-14-17(4)13-19-7-6-12-25-19)23-18-8-10-24(11-9-18)15-16(2)3/h6-7,12,16-18H,5,8-11,13-15H2,1-4H3,(H2,21,22,23). The molecule has 1 saturated heterocycles. The maximum Gasteiger partial charge on any atom is 0.191 e. The first-order valence-electron chi connectivity index (χ1n) is 9.86. The Hall–Kier alpha value is -1.07. The molecule has 0 saturated carbocycles. The zero-order chi connectivity index (χ0) is 18.1. The van der Waals surface area contributed by atoms with E-state index in [9.17, 15) is 0 Å². The molecule has 1 aliphatic rings. The van der Waals surface area contributed by atoms with Crippen LogP contribution >= 0.6 is 11.3 Å². The second-order valence-electron chi connectivity index (χ2n) is 7.72. The van der Waals surface area contributed by atoms with E-state index in [0.717, 1.165) is 31.4 Å². The van der Waals surface area contributed by atoms with Gasteiger partial charge < -0.3 is 15.5 Å². The van der Waals surface area contributed by atoms with E-state index in [0.29, 0.717) is 12.0 Å². The number of guanidine groups is 1. The van der Waals surface area contributed by atoms with Crippen molar-refractivity contribution >= 4 is 17.3 Å². The fourth-order valence-electron chi connectivity index (χ4n) is 3.37. The second kappa shape index (κ2) is 10.8. The first kappa shape index (κ1) is 20.2. The third-order valence-electron chi connectivity index (χ3n) is 4.59. The Morgan fingerprint density at radius 1 is 1.32 bits per heavy atom. The number of hydrogen-bond donors (Lipinski definition) is 2. The molecule has 0 radical (unpaired) electrons. The van der Waals surface area contributed by atoms with Crippen LogP contribution in [0.5, 0.6) is 0 Å². The van der Waals surface area contributed by atoms with Gasteiger partial charge in [-0.2, -0.15) is 0 Å². The van der Waals surface area contributed by atoms with E-state index >= 15 is 0 Å². The van der Waals surface area contributed by atoms with Crippen LogP contribution < -0.4 is 10.6 Å². The summed E-state index contributed by atoms with van der Waals surface area (Å²) in [6.07, 6.45) is 3.54. The van der Waals surface area contributed by atoms with Gasteiger partial charge in [0.05, 0.1) is 0 Å². The monoisotopic (exact) mass is 364 g/mol. The normalized spacial score (nSPS) is 18.5. The summed E-state index contributed by atoms with van der Waals surface area (Å²) in [6.45, 7) is 14.4. The number of piperidine rings is 1. The zero-order valence-corrected chi connectivity index (χ0v) is 17.2. The predicted molar refractivity (Wildman–Crippen MR) is 111 cm³/mol. The van der Waals surface area contributed by atoms with Gasteiger partial charge in [-0.25, -0.2) is 0 Å². The van der Waals surface area contributed by atoms with Gasteiger partial charge in [0, 0.05) is 43.6 Å². The van der Waals surface area contributed by atoms with Gasteiger partial charge in [0.25, 0.3) is 0 Å². The summed E-state index contributed by atoms with van der Waals surface area (Å²) >= 11 is 1.84. The molecule has 0 spiro atoms. The molecule has 4 nitrogen and oxygen atoms in total. The van der Waals surface area contributed by atoms with Crippen molar-refractivity contribution in [1.29, 1.82) is 0 Å². The average molecular weight is 365 g/mol. The smallest absolute Gasteiger partial charge is 0.191 e. The summed E-state index contributed by atoms with van der Waals surface area (Å²) in [7, 11) is 0. The predicted octanol–water partition coefficient (Wildman–Crippen LogP) is 3.60. The van der Waals surface area contributed by atoms with Crippen LogP contribution in [0.3, 0.4) is 0 Å². The molecule has 1 fully saturated rings. The number of likely N-dealkylation sites (tertiary alicyclic amines) is 1. The lowest BCUT2D eigenvalue weighted by molar-refractivity contribution is 0.187. The summed E-state index contributed by atoms with van der Waals surface area (Å²) in [5.74, 6) is 2.32. The van der Waals surface area contributed by atoms with Crippen LogP contribution in [0, 0.1) is 11.8 Å². The number of hydrogen-bond acceptors (Lipinski definition) is 3. The van der Waals surface area contributed by atoms with Crippen molar-refractivity contribution in [2.24, 2.45) is 16.8 Å². The van der Waals surface area contributed by atoms with E-state index in [1.165, 1.54) is 37.4 Å². The Morgan fingerprint density at radius 2 is 2.08 bits per heavy atom. The molecule has 0 aliphatic carbocycles. The minimum atomic E-state index is 0.550. The van der Waals surface area contributed by atoms with Gasteiger partial charge in [-0.15, -0.1) is 11.3 Å². The maximum absolute atomic E-state index is 4.84. The molecular weight excluding hydrogens is 328 g/mol. The summed E-state index contributed by atoms with van der Waals surface area (Å²) in [5, 5.41) is 9.23. The van der Waals surface area contributed by atoms with Crippen molar-refractivity contribution < 1.29 is 0 Å². The van der Waals surface area contributed by atoms with Crippen LogP contribution in [-0.4, -0.2) is 49.6 Å². The van der Waals surface area contributed by atoms with E-state index in [4.69, 9.17) is 4.99 Å². The van der Waals surface area contributed by atoms with Crippen LogP contribution in [0.15, 0.2) is 22.5 Å². The lowest BCUT2D eigenvalue weighted by Gasteiger charge is -2.34. The molecule has 142 valence electrons. The van der Waals surface area contributed by atoms with Gasteiger partial charge in [-0.05, 0) is 49.5 Å². The molecule has 0 amide bonds. The van der Waals surface area contributed by atoms with Crippen LogP contribution in [0.25, 0.3) is 0 Å². The molecule has 1 aromatic rings. The summed E-state index contributed by atoms with van der Waals surface area (Å²) in [4.78, 5) is 8.89. The van der Waals surface area contributed by atoms with Crippen molar-refractivity contribution in [1.82, 2.24) is 15.5 Å². The Bertz CT molecular complexity index is 490. The van der Waals surface area contributed by atoms with Gasteiger partial charge in [0.1, 0.15) is 0 Å². The highest BCUT2D eigenvalue weighted by Gasteiger charge is 2.20. The first-order chi connectivity index (χ1) is 12.1. The number of thiophene rings is 1. The molecule has 5 heteroatoms. The second-order valence-corrected chi connectivity index (χ2v) is 8.75. The van der Waals surface area contributed by atoms with Crippen LogP contribution in [0.1, 0.15) is 45.4 Å². The Balaban J connectivity index is 1.77. The van der Waals surface area contributed by atoms with Crippen molar-refractivity contribution in [2.75, 3.05) is 32.7 Å². The SMILES string of the molecule is CCNC(=NCC(C)Cc1cccs1)NC1CCN(CC(C)C)CC1. The van der Waals surface area contributed by atoms with Crippen molar-refractivity contribution in [3.8, 4) is 0 Å². The molecule has 0 aromatic carbocycles. The fraction of sp³-hybridized carbons (Fsp3) is 0.750. The molecule has 2 heterocycles. The summed E-state index contributed by atoms with van der Waals surface area (Å²) in [6, 6.07) is 4.90. The van der Waals surface area contributed by atoms with E-state index in [2.05, 4.69) is 60.7 Å². The third kappa shape index (κ3) is 7.78. The first-order valence-corrected chi connectivity index (χ1v) is 10.7. The lowest BCUT2D eigenvalue weighted by Crippen LogP contribution is -2.49. The largest absolute Gasteiger partial charge is 0.357 e. The number of aliphatic imine (C=N–C) groups is 1. The summed E-state index contributed by atoms with van der Waals surface area (Å²) < 4.78 is 0. The van der Waals surface area contributed by atoms with Crippen LogP contribution in [0.4, 0.5) is 0 Å². The molecule has 1 aromatic heterocycles. The van der Waals surface area contributed by atoms with E-state index in [1.807, 2.05) is 11.3 Å². The Morgan fingerprint density at radius 3 is 2.68 bits per heavy atom. The van der Waals surface area contributed by atoms with Gasteiger partial charge in [-0.3, -0.25) is 4.99 Å². The van der Waals surface area contributed by atoms with Crippen molar-refractivity contribution in [3.63, 3.8) is 0 Å². The van der Waals surface area contributed by atoms with E-state index < -0.39 is 0 Å². The number of nitrogens with zero attached hydrogens (tertiary/aromatic N) is 2. The summed E-state index contributed by atoms with van der Waals surface area (Å²) in [5.41, 5.74) is 0. The fourth-order valence-corrected chi connectivity index (χ4v) is 4.24. The lowest BCUT2D eigenvalue weighted by atomic mass is 10.0. The number of nitrogens with one attached hydrogen (secondary N) is 2. The Labute approximate surface area is 158 Å². The van der Waals surface area contributed by atoms with Crippen molar-refractivity contribution in [2.45, 2.75) is 53.0 Å². The van der Waals surface area contributed by atoms with Crippen LogP contribution in [-0.2, 0) is 6.42 Å². The quantitative estimate of drug-likeness (QED) is 0.547. The molecule has 2 rings (SSSR count). The van der Waals surface area contributed by atoms with Gasteiger partial charge in [0.15, 0.2) is 5.96 Å². The maximum atomic E-state index is 4.84. The molecular formula is C20H36N4S. The third-order valence-corrected chi connectivity index (χ3v) is 5.49. The molecule has 1 atom stereocenters. The Kier molecular flexibility index (Phi) is 8.76. The van der Waals surface area contributed by atoms with E-state index in [-0.39, 0.29) is 0 Å². The zero-order valence-electron chi connectivity index (χ0n) is 16.4. The molecule has 1 aliphatic heterocycles. The molecule has 0 bridgehead atoms. The molecule has 25 heavy (non-hydrogen) atoms. The molecule has 1 unspecified atom stereocenters.